The van der Waals surface area contributed by atoms with Gasteiger partial charge in [-0.2, -0.15) is 0 Å². The summed E-state index contributed by atoms with van der Waals surface area (Å²) < 4.78 is 2.01. The Hall–Kier alpha value is -2.29. The second-order valence-electron chi connectivity index (χ2n) is 4.94. The number of aryl methyl sites for hydroxylation is 2. The SMILES string of the molecule is C/C=C/CCNC(=O)c1cccn1CCc1ccccc1. The van der Waals surface area contributed by atoms with E-state index in [1.807, 2.05) is 54.1 Å². The van der Waals surface area contributed by atoms with Crippen LogP contribution in [0.5, 0.6) is 0 Å². The zero-order valence-corrected chi connectivity index (χ0v) is 12.5. The molecule has 2 aromatic rings. The van der Waals surface area contributed by atoms with Crippen molar-refractivity contribution in [1.29, 1.82) is 0 Å². The largest absolute Gasteiger partial charge is 0.350 e. The molecular formula is C18H22N2O. The van der Waals surface area contributed by atoms with Gasteiger partial charge >= 0.3 is 0 Å². The quantitative estimate of drug-likeness (QED) is 0.612. The lowest BCUT2D eigenvalue weighted by Gasteiger charge is -2.09. The molecule has 110 valence electrons. The molecule has 0 radical (unpaired) electrons. The van der Waals surface area contributed by atoms with E-state index in [1.54, 1.807) is 0 Å². The van der Waals surface area contributed by atoms with Crippen LogP contribution in [0, 0.1) is 0 Å². The smallest absolute Gasteiger partial charge is 0.267 e. The fourth-order valence-corrected chi connectivity index (χ4v) is 2.24. The molecule has 3 nitrogen and oxygen atoms in total. The van der Waals surface area contributed by atoms with Gasteiger partial charge in [-0.05, 0) is 37.5 Å². The summed E-state index contributed by atoms with van der Waals surface area (Å²) in [6, 6.07) is 14.1. The highest BCUT2D eigenvalue weighted by Gasteiger charge is 2.09. The molecule has 1 amide bonds. The second kappa shape index (κ2) is 8.10. The summed E-state index contributed by atoms with van der Waals surface area (Å²) in [5.74, 6) is -0.00225. The number of hydrogen-bond acceptors (Lipinski definition) is 1. The molecule has 2 rings (SSSR count). The van der Waals surface area contributed by atoms with Crippen molar-refractivity contribution in [3.05, 3.63) is 72.1 Å². The van der Waals surface area contributed by atoms with Crippen molar-refractivity contribution in [3.8, 4) is 0 Å². The predicted octanol–water partition coefficient (Wildman–Crippen LogP) is 3.43. The molecule has 0 saturated heterocycles. The Morgan fingerprint density at radius 1 is 1.19 bits per heavy atom. The van der Waals surface area contributed by atoms with Gasteiger partial charge in [-0.25, -0.2) is 0 Å². The van der Waals surface area contributed by atoms with Crippen molar-refractivity contribution in [2.45, 2.75) is 26.3 Å². The number of carbonyl (C=O) groups excluding carboxylic acids is 1. The maximum atomic E-state index is 12.1. The van der Waals surface area contributed by atoms with Crippen molar-refractivity contribution in [2.24, 2.45) is 0 Å². The fourth-order valence-electron chi connectivity index (χ4n) is 2.24. The minimum atomic E-state index is -0.00225. The van der Waals surface area contributed by atoms with Crippen LogP contribution in [0.2, 0.25) is 0 Å². The standard InChI is InChI=1S/C18H22N2O/c1-2-3-7-13-19-18(21)17-11-8-14-20(17)15-12-16-9-5-4-6-10-16/h2-6,8-11,14H,7,12-13,15H2,1H3,(H,19,21)/b3-2+. The summed E-state index contributed by atoms with van der Waals surface area (Å²) in [4.78, 5) is 12.1. The molecule has 1 N–H and O–H groups in total. The third kappa shape index (κ3) is 4.63. The third-order valence-corrected chi connectivity index (χ3v) is 3.38. The zero-order valence-electron chi connectivity index (χ0n) is 12.5. The van der Waals surface area contributed by atoms with Crippen molar-refractivity contribution in [1.82, 2.24) is 9.88 Å². The Morgan fingerprint density at radius 3 is 2.76 bits per heavy atom. The molecule has 0 aliphatic rings. The van der Waals surface area contributed by atoms with E-state index in [2.05, 4.69) is 23.5 Å². The summed E-state index contributed by atoms with van der Waals surface area (Å²) >= 11 is 0. The van der Waals surface area contributed by atoms with Gasteiger partial charge in [-0.15, -0.1) is 0 Å². The van der Waals surface area contributed by atoms with Gasteiger partial charge in [-0.1, -0.05) is 42.5 Å². The third-order valence-electron chi connectivity index (χ3n) is 3.38. The van der Waals surface area contributed by atoms with Crippen molar-refractivity contribution < 1.29 is 4.79 Å². The number of allylic oxidation sites excluding steroid dienone is 1. The Kier molecular flexibility index (Phi) is 5.83. The monoisotopic (exact) mass is 282 g/mol. The van der Waals surface area contributed by atoms with Crippen LogP contribution >= 0.6 is 0 Å². The molecule has 0 fully saturated rings. The number of nitrogens with zero attached hydrogens (tertiary/aromatic N) is 1. The van der Waals surface area contributed by atoms with E-state index in [1.165, 1.54) is 5.56 Å². The minimum Gasteiger partial charge on any atom is -0.350 e. The molecule has 3 heteroatoms. The van der Waals surface area contributed by atoms with Gasteiger partial charge < -0.3 is 9.88 Å². The van der Waals surface area contributed by atoms with Crippen LogP contribution in [-0.2, 0) is 13.0 Å². The molecule has 0 atom stereocenters. The van der Waals surface area contributed by atoms with E-state index < -0.39 is 0 Å². The zero-order chi connectivity index (χ0) is 14.9. The number of amides is 1. The molecule has 0 aliphatic carbocycles. The lowest BCUT2D eigenvalue weighted by molar-refractivity contribution is 0.0945. The van der Waals surface area contributed by atoms with Gasteiger partial charge in [0, 0.05) is 19.3 Å². The predicted molar refractivity (Wildman–Crippen MR) is 86.3 cm³/mol. The molecule has 1 heterocycles. The number of nitrogens with one attached hydrogen (secondary N) is 1. The van der Waals surface area contributed by atoms with E-state index >= 15 is 0 Å². The molecule has 1 aromatic heterocycles. The van der Waals surface area contributed by atoms with Gasteiger partial charge in [-0.3, -0.25) is 4.79 Å². The van der Waals surface area contributed by atoms with Crippen molar-refractivity contribution in [3.63, 3.8) is 0 Å². The summed E-state index contributed by atoms with van der Waals surface area (Å²) in [7, 11) is 0. The first-order valence-corrected chi connectivity index (χ1v) is 7.39. The molecule has 21 heavy (non-hydrogen) atoms. The lowest BCUT2D eigenvalue weighted by atomic mass is 10.1. The summed E-state index contributed by atoms with van der Waals surface area (Å²) in [6.45, 7) is 3.47. The highest BCUT2D eigenvalue weighted by atomic mass is 16.1. The normalized spacial score (nSPS) is 10.9. The van der Waals surface area contributed by atoms with Crippen LogP contribution in [0.15, 0.2) is 60.8 Å². The van der Waals surface area contributed by atoms with Gasteiger partial charge in [0.15, 0.2) is 0 Å². The number of carbonyl (C=O) groups is 1. The van der Waals surface area contributed by atoms with Gasteiger partial charge in [0.05, 0.1) is 0 Å². The summed E-state index contributed by atoms with van der Waals surface area (Å²) in [5, 5.41) is 2.95. The van der Waals surface area contributed by atoms with Crippen LogP contribution in [0.3, 0.4) is 0 Å². The molecular weight excluding hydrogens is 260 g/mol. The number of aromatic nitrogens is 1. The van der Waals surface area contributed by atoms with E-state index in [0.717, 1.165) is 25.1 Å². The highest BCUT2D eigenvalue weighted by molar-refractivity contribution is 5.92. The van der Waals surface area contributed by atoms with E-state index in [0.29, 0.717) is 6.54 Å². The van der Waals surface area contributed by atoms with Gasteiger partial charge in [0.25, 0.3) is 5.91 Å². The maximum absolute atomic E-state index is 12.1. The Morgan fingerprint density at radius 2 is 2.00 bits per heavy atom. The van der Waals surface area contributed by atoms with Crippen LogP contribution in [0.25, 0.3) is 0 Å². The fraction of sp³-hybridized carbons (Fsp3) is 0.278. The first-order chi connectivity index (χ1) is 10.3. The summed E-state index contributed by atoms with van der Waals surface area (Å²) in [5.41, 5.74) is 2.01. The van der Waals surface area contributed by atoms with Gasteiger partial charge in [0.2, 0.25) is 0 Å². The Bertz CT molecular complexity index is 584. The first-order valence-electron chi connectivity index (χ1n) is 7.39. The molecule has 0 aliphatic heterocycles. The summed E-state index contributed by atoms with van der Waals surface area (Å²) in [6.07, 6.45) is 7.80. The minimum absolute atomic E-state index is 0.00225. The van der Waals surface area contributed by atoms with Crippen LogP contribution < -0.4 is 5.32 Å². The molecule has 0 bridgehead atoms. The van der Waals surface area contributed by atoms with Crippen molar-refractivity contribution >= 4 is 5.91 Å². The number of benzene rings is 1. The highest BCUT2D eigenvalue weighted by Crippen LogP contribution is 2.06. The average Bonchev–Trinajstić information content (AvgIpc) is 2.99. The molecule has 0 saturated carbocycles. The van der Waals surface area contributed by atoms with E-state index in [-0.39, 0.29) is 5.91 Å². The molecule has 1 aromatic carbocycles. The maximum Gasteiger partial charge on any atom is 0.267 e. The average molecular weight is 282 g/mol. The van der Waals surface area contributed by atoms with Crippen LogP contribution in [0.4, 0.5) is 0 Å². The molecule has 0 spiro atoms. The lowest BCUT2D eigenvalue weighted by Crippen LogP contribution is -2.26. The van der Waals surface area contributed by atoms with Crippen LogP contribution in [0.1, 0.15) is 29.4 Å². The second-order valence-corrected chi connectivity index (χ2v) is 4.94. The van der Waals surface area contributed by atoms with E-state index in [4.69, 9.17) is 0 Å². The van der Waals surface area contributed by atoms with Gasteiger partial charge in [0.1, 0.15) is 5.69 Å². The van der Waals surface area contributed by atoms with E-state index in [9.17, 15) is 4.79 Å². The van der Waals surface area contributed by atoms with Crippen LogP contribution in [-0.4, -0.2) is 17.0 Å². The molecule has 0 unspecified atom stereocenters. The number of rotatable bonds is 7. The Balaban J connectivity index is 1.90. The van der Waals surface area contributed by atoms with Crippen molar-refractivity contribution in [2.75, 3.05) is 6.54 Å². The number of hydrogen-bond donors (Lipinski definition) is 1. The Labute approximate surface area is 126 Å². The first kappa shape index (κ1) is 15.1. The topological polar surface area (TPSA) is 34.0 Å².